The minimum Gasteiger partial charge on any atom is -0.493 e. The molecule has 1 saturated carbocycles. The van der Waals surface area contributed by atoms with Crippen molar-refractivity contribution in [3.63, 3.8) is 0 Å². The molecule has 1 atom stereocenters. The van der Waals surface area contributed by atoms with Crippen molar-refractivity contribution in [2.45, 2.75) is 45.1 Å². The maximum Gasteiger partial charge on any atom is 0.251 e. The molecule has 0 aliphatic heterocycles. The molecule has 0 bridgehead atoms. The summed E-state index contributed by atoms with van der Waals surface area (Å²) in [5.41, 5.74) is 6.46. The number of hydrogen-bond donors (Lipinski definition) is 2. The Hall–Kier alpha value is -1.75. The molecule has 1 fully saturated rings. The smallest absolute Gasteiger partial charge is 0.251 e. The molecular formula is C18H28N2O3. The zero-order chi connectivity index (χ0) is 16.7. The van der Waals surface area contributed by atoms with E-state index in [1.54, 1.807) is 25.3 Å². The van der Waals surface area contributed by atoms with E-state index < -0.39 is 0 Å². The van der Waals surface area contributed by atoms with E-state index >= 15 is 0 Å². The second-order valence-corrected chi connectivity index (χ2v) is 6.01. The first-order chi connectivity index (χ1) is 11.2. The molecule has 0 heterocycles. The Bertz CT molecular complexity index is 513. The molecule has 0 aromatic heterocycles. The predicted octanol–water partition coefficient (Wildman–Crippen LogP) is 2.73. The van der Waals surface area contributed by atoms with Crippen LogP contribution in [0.4, 0.5) is 0 Å². The van der Waals surface area contributed by atoms with E-state index in [1.807, 2.05) is 6.92 Å². The lowest BCUT2D eigenvalue weighted by atomic mass is 9.84. The molecule has 5 heteroatoms. The number of hydrogen-bond acceptors (Lipinski definition) is 4. The third-order valence-electron chi connectivity index (χ3n) is 4.51. The molecule has 128 valence electrons. The molecule has 3 N–H and O–H groups in total. The van der Waals surface area contributed by atoms with Crippen LogP contribution in [0.25, 0.3) is 0 Å². The maximum atomic E-state index is 12.5. The van der Waals surface area contributed by atoms with Gasteiger partial charge in [-0.05, 0) is 43.9 Å². The minimum absolute atomic E-state index is 0.0420. The fourth-order valence-electron chi connectivity index (χ4n) is 3.24. The quantitative estimate of drug-likeness (QED) is 0.810. The van der Waals surface area contributed by atoms with Crippen molar-refractivity contribution in [2.75, 3.05) is 20.3 Å². The lowest BCUT2D eigenvalue weighted by Crippen LogP contribution is -2.45. The van der Waals surface area contributed by atoms with Crippen molar-refractivity contribution in [3.05, 3.63) is 23.8 Å². The molecule has 23 heavy (non-hydrogen) atoms. The maximum absolute atomic E-state index is 12.5. The van der Waals surface area contributed by atoms with Gasteiger partial charge in [-0.25, -0.2) is 0 Å². The lowest BCUT2D eigenvalue weighted by Gasteiger charge is -2.30. The highest BCUT2D eigenvalue weighted by atomic mass is 16.5. The Morgan fingerprint density at radius 2 is 2.04 bits per heavy atom. The first-order valence-corrected chi connectivity index (χ1v) is 8.51. The normalized spacial score (nSPS) is 16.7. The predicted molar refractivity (Wildman–Crippen MR) is 91.0 cm³/mol. The monoisotopic (exact) mass is 320 g/mol. The van der Waals surface area contributed by atoms with Crippen molar-refractivity contribution < 1.29 is 14.3 Å². The van der Waals surface area contributed by atoms with Gasteiger partial charge in [-0.3, -0.25) is 4.79 Å². The van der Waals surface area contributed by atoms with Gasteiger partial charge in [-0.2, -0.15) is 0 Å². The van der Waals surface area contributed by atoms with Crippen LogP contribution >= 0.6 is 0 Å². The summed E-state index contributed by atoms with van der Waals surface area (Å²) in [5.74, 6) is 1.60. The van der Waals surface area contributed by atoms with Crippen LogP contribution in [0.1, 0.15) is 49.4 Å². The first-order valence-electron chi connectivity index (χ1n) is 8.51. The van der Waals surface area contributed by atoms with Crippen molar-refractivity contribution in [3.8, 4) is 11.5 Å². The van der Waals surface area contributed by atoms with Crippen LogP contribution in [0.5, 0.6) is 11.5 Å². The minimum atomic E-state index is -0.104. The van der Waals surface area contributed by atoms with Crippen molar-refractivity contribution >= 4 is 5.91 Å². The number of benzene rings is 1. The SMILES string of the molecule is CCOc1ccc(C(=O)NC(CN)C2CCCCC2)cc1OC. The van der Waals surface area contributed by atoms with E-state index in [0.717, 1.165) is 12.8 Å². The number of amides is 1. The van der Waals surface area contributed by atoms with Crippen LogP contribution in [0.15, 0.2) is 18.2 Å². The summed E-state index contributed by atoms with van der Waals surface area (Å²) in [6.45, 7) is 2.94. The van der Waals surface area contributed by atoms with Gasteiger partial charge in [0.15, 0.2) is 11.5 Å². The lowest BCUT2D eigenvalue weighted by molar-refractivity contribution is 0.0915. The number of methoxy groups -OCH3 is 1. The summed E-state index contributed by atoms with van der Waals surface area (Å²) in [6.07, 6.45) is 6.04. The van der Waals surface area contributed by atoms with Gasteiger partial charge in [0.1, 0.15) is 0 Å². The molecule has 0 radical (unpaired) electrons. The second kappa shape index (κ2) is 8.77. The topological polar surface area (TPSA) is 73.6 Å². The van der Waals surface area contributed by atoms with Gasteiger partial charge >= 0.3 is 0 Å². The number of nitrogens with one attached hydrogen (secondary N) is 1. The van der Waals surface area contributed by atoms with Crippen LogP contribution in [-0.2, 0) is 0 Å². The molecule has 1 aromatic rings. The first kappa shape index (κ1) is 17.6. The van der Waals surface area contributed by atoms with Gasteiger partial charge < -0.3 is 20.5 Å². The van der Waals surface area contributed by atoms with Crippen molar-refractivity contribution in [1.29, 1.82) is 0 Å². The average Bonchev–Trinajstić information content (AvgIpc) is 2.60. The Morgan fingerprint density at radius 1 is 1.30 bits per heavy atom. The third-order valence-corrected chi connectivity index (χ3v) is 4.51. The fraction of sp³-hybridized carbons (Fsp3) is 0.611. The van der Waals surface area contributed by atoms with Crippen LogP contribution in [-0.4, -0.2) is 32.2 Å². The highest BCUT2D eigenvalue weighted by Crippen LogP contribution is 2.29. The Morgan fingerprint density at radius 3 is 2.65 bits per heavy atom. The summed E-state index contributed by atoms with van der Waals surface area (Å²) >= 11 is 0. The van der Waals surface area contributed by atoms with Crippen LogP contribution in [0.3, 0.4) is 0 Å². The Labute approximate surface area is 138 Å². The van der Waals surface area contributed by atoms with E-state index in [9.17, 15) is 4.79 Å². The number of nitrogens with two attached hydrogens (primary N) is 1. The number of rotatable bonds is 7. The van der Waals surface area contributed by atoms with Gasteiger partial charge in [-0.15, -0.1) is 0 Å². The Balaban J connectivity index is 2.06. The van der Waals surface area contributed by atoms with E-state index in [-0.39, 0.29) is 11.9 Å². The standard InChI is InChI=1S/C18H28N2O3/c1-3-23-16-10-9-14(11-17(16)22-2)18(21)20-15(12-19)13-7-5-4-6-8-13/h9-11,13,15H,3-8,12,19H2,1-2H3,(H,20,21). The summed E-state index contributed by atoms with van der Waals surface area (Å²) in [5, 5.41) is 3.10. The van der Waals surface area contributed by atoms with Gasteiger partial charge in [0.25, 0.3) is 5.91 Å². The molecule has 1 unspecified atom stereocenters. The van der Waals surface area contributed by atoms with Gasteiger partial charge in [0.2, 0.25) is 0 Å². The van der Waals surface area contributed by atoms with Gasteiger partial charge in [0.05, 0.1) is 13.7 Å². The Kier molecular flexibility index (Phi) is 6.71. The van der Waals surface area contributed by atoms with Crippen LogP contribution < -0.4 is 20.5 Å². The summed E-state index contributed by atoms with van der Waals surface area (Å²) < 4.78 is 10.8. The second-order valence-electron chi connectivity index (χ2n) is 6.01. The number of ether oxygens (including phenoxy) is 2. The van der Waals surface area contributed by atoms with E-state index in [2.05, 4.69) is 5.32 Å². The molecule has 1 amide bonds. The molecular weight excluding hydrogens is 292 g/mol. The largest absolute Gasteiger partial charge is 0.493 e. The third kappa shape index (κ3) is 4.61. The molecule has 0 saturated heterocycles. The molecule has 1 aliphatic rings. The van der Waals surface area contributed by atoms with Crippen molar-refractivity contribution in [2.24, 2.45) is 11.7 Å². The average molecular weight is 320 g/mol. The summed E-state index contributed by atoms with van der Waals surface area (Å²) in [4.78, 5) is 12.5. The van der Waals surface area contributed by atoms with Crippen LogP contribution in [0, 0.1) is 5.92 Å². The van der Waals surface area contributed by atoms with Gasteiger partial charge in [-0.1, -0.05) is 19.3 Å². The number of carbonyl (C=O) groups excluding carboxylic acids is 1. The van der Waals surface area contributed by atoms with E-state index in [4.69, 9.17) is 15.2 Å². The highest BCUT2D eigenvalue weighted by molar-refractivity contribution is 5.95. The fourth-order valence-corrected chi connectivity index (χ4v) is 3.24. The highest BCUT2D eigenvalue weighted by Gasteiger charge is 2.24. The van der Waals surface area contributed by atoms with Crippen molar-refractivity contribution in [1.82, 2.24) is 5.32 Å². The van der Waals surface area contributed by atoms with E-state index in [1.165, 1.54) is 19.3 Å². The summed E-state index contributed by atoms with van der Waals surface area (Å²) in [6, 6.07) is 5.29. The zero-order valence-electron chi connectivity index (χ0n) is 14.1. The van der Waals surface area contributed by atoms with Gasteiger partial charge in [0, 0.05) is 18.2 Å². The molecule has 5 nitrogen and oxygen atoms in total. The molecule has 1 aromatic carbocycles. The van der Waals surface area contributed by atoms with Crippen LogP contribution in [0.2, 0.25) is 0 Å². The summed E-state index contributed by atoms with van der Waals surface area (Å²) in [7, 11) is 1.57. The number of carbonyl (C=O) groups is 1. The molecule has 1 aliphatic carbocycles. The zero-order valence-corrected chi connectivity index (χ0v) is 14.1. The molecule has 0 spiro atoms. The van der Waals surface area contributed by atoms with E-state index in [0.29, 0.717) is 36.1 Å². The molecule has 2 rings (SSSR count).